The Labute approximate surface area is 192 Å². The summed E-state index contributed by atoms with van der Waals surface area (Å²) in [6, 6.07) is 12.8. The fourth-order valence-corrected chi connectivity index (χ4v) is 4.05. The average Bonchev–Trinajstić information content (AvgIpc) is 2.59. The molecule has 2 radical (unpaired) electrons. The molecule has 0 aliphatic rings. The number of rotatable bonds is 11. The van der Waals surface area contributed by atoms with Crippen molar-refractivity contribution < 1.29 is 12.6 Å². The fraction of sp³-hybridized carbons (Fsp3) is 0.500. The molecule has 0 spiro atoms. The van der Waals surface area contributed by atoms with Crippen molar-refractivity contribution in [2.45, 2.75) is 63.2 Å². The Hall–Kier alpha value is 0.181. The van der Waals surface area contributed by atoms with Crippen LogP contribution in [0.1, 0.15) is 58.3 Å². The Bertz CT molecular complexity index is 723. The molecule has 0 heterocycles. The van der Waals surface area contributed by atoms with Crippen molar-refractivity contribution in [1.82, 2.24) is 0 Å². The van der Waals surface area contributed by atoms with Gasteiger partial charge in [-0.25, -0.2) is 0 Å². The van der Waals surface area contributed by atoms with E-state index in [2.05, 4.69) is 6.92 Å². The standard InChI is InChI=1S/C20H28O3S.Ba/c1-2-3-4-5-6-7-8-11-17-23-24(21,22)20-16-12-14-18-13-9-10-15-19(18)20;/h9-10,12-16H,2-8,11,17H2,1H3;. The molecule has 0 fully saturated rings. The molecule has 5 heteroatoms. The Kier molecular flexibility index (Phi) is 11.7. The Morgan fingerprint density at radius 1 is 0.800 bits per heavy atom. The van der Waals surface area contributed by atoms with Crippen molar-refractivity contribution in [3.8, 4) is 0 Å². The monoisotopic (exact) mass is 486 g/mol. The zero-order valence-electron chi connectivity index (χ0n) is 15.2. The van der Waals surface area contributed by atoms with Gasteiger partial charge in [-0.3, -0.25) is 4.18 Å². The first-order valence-corrected chi connectivity index (χ1v) is 10.4. The van der Waals surface area contributed by atoms with E-state index in [4.69, 9.17) is 4.18 Å². The van der Waals surface area contributed by atoms with Crippen LogP contribution in [-0.4, -0.2) is 63.9 Å². The van der Waals surface area contributed by atoms with Gasteiger partial charge in [0.15, 0.2) is 0 Å². The summed E-state index contributed by atoms with van der Waals surface area (Å²) in [5.74, 6) is 0. The minimum atomic E-state index is -3.69. The molecule has 0 unspecified atom stereocenters. The van der Waals surface area contributed by atoms with Crippen LogP contribution in [0.2, 0.25) is 0 Å². The van der Waals surface area contributed by atoms with E-state index >= 15 is 0 Å². The van der Waals surface area contributed by atoms with E-state index in [1.807, 2.05) is 30.3 Å². The first-order chi connectivity index (χ1) is 11.6. The van der Waals surface area contributed by atoms with E-state index in [-0.39, 0.29) is 60.4 Å². The molecular formula is C20H28BaO3S. The van der Waals surface area contributed by atoms with Crippen molar-refractivity contribution in [3.05, 3.63) is 42.5 Å². The minimum absolute atomic E-state index is 0. The Balaban J connectivity index is 0.00000312. The minimum Gasteiger partial charge on any atom is -0.266 e. The first-order valence-electron chi connectivity index (χ1n) is 9.02. The van der Waals surface area contributed by atoms with Gasteiger partial charge in [0, 0.05) is 54.3 Å². The second-order valence-corrected chi connectivity index (χ2v) is 7.81. The summed E-state index contributed by atoms with van der Waals surface area (Å²) in [5.41, 5.74) is 0. The molecule has 0 atom stereocenters. The summed E-state index contributed by atoms with van der Waals surface area (Å²) in [4.78, 5) is 0.264. The maximum Gasteiger partial charge on any atom is 0.297 e. The van der Waals surface area contributed by atoms with Gasteiger partial charge in [-0.1, -0.05) is 88.3 Å². The predicted molar refractivity (Wildman–Crippen MR) is 105 cm³/mol. The molecule has 0 N–H and O–H groups in total. The number of hydrogen-bond acceptors (Lipinski definition) is 3. The molecular weight excluding hydrogens is 458 g/mol. The van der Waals surface area contributed by atoms with Crippen LogP contribution in [0.25, 0.3) is 10.8 Å². The van der Waals surface area contributed by atoms with Gasteiger partial charge in [-0.15, -0.1) is 0 Å². The van der Waals surface area contributed by atoms with Crippen LogP contribution in [-0.2, 0) is 14.3 Å². The van der Waals surface area contributed by atoms with Crippen LogP contribution in [0.3, 0.4) is 0 Å². The number of fused-ring (bicyclic) bond motifs is 1. The van der Waals surface area contributed by atoms with Crippen molar-refractivity contribution in [2.75, 3.05) is 6.61 Å². The molecule has 0 saturated carbocycles. The van der Waals surface area contributed by atoms with Crippen molar-refractivity contribution in [1.29, 1.82) is 0 Å². The van der Waals surface area contributed by atoms with E-state index in [1.54, 1.807) is 12.1 Å². The Morgan fingerprint density at radius 2 is 1.40 bits per heavy atom. The first kappa shape index (κ1) is 23.2. The normalized spacial score (nSPS) is 11.4. The number of hydrogen-bond donors (Lipinski definition) is 0. The van der Waals surface area contributed by atoms with Gasteiger partial charge >= 0.3 is 0 Å². The summed E-state index contributed by atoms with van der Waals surface area (Å²) in [5, 5.41) is 1.63. The molecule has 0 aromatic heterocycles. The van der Waals surface area contributed by atoms with Crippen molar-refractivity contribution in [2.24, 2.45) is 0 Å². The fourth-order valence-electron chi connectivity index (χ4n) is 2.88. The van der Waals surface area contributed by atoms with Gasteiger partial charge in [0.2, 0.25) is 0 Å². The molecule has 0 aliphatic heterocycles. The summed E-state index contributed by atoms with van der Waals surface area (Å²) < 4.78 is 30.1. The zero-order valence-corrected chi connectivity index (χ0v) is 20.5. The summed E-state index contributed by atoms with van der Waals surface area (Å²) in [6.07, 6.45) is 9.37. The second-order valence-electron chi connectivity index (χ2n) is 6.23. The quantitative estimate of drug-likeness (QED) is 0.246. The maximum atomic E-state index is 12.4. The van der Waals surface area contributed by atoms with Crippen molar-refractivity contribution in [3.63, 3.8) is 0 Å². The SMILES string of the molecule is CCCCCCCCCCOS(=O)(=O)c1cccc2ccccc12.[Ba]. The van der Waals surface area contributed by atoms with Crippen LogP contribution < -0.4 is 0 Å². The van der Waals surface area contributed by atoms with Gasteiger partial charge in [-0.2, -0.15) is 8.42 Å². The van der Waals surface area contributed by atoms with Crippen LogP contribution in [0.15, 0.2) is 47.4 Å². The third-order valence-corrected chi connectivity index (χ3v) is 5.63. The summed E-state index contributed by atoms with van der Waals surface area (Å²) >= 11 is 0. The number of benzene rings is 2. The van der Waals surface area contributed by atoms with Crippen LogP contribution in [0.4, 0.5) is 0 Å². The molecule has 2 rings (SSSR count). The molecule has 25 heavy (non-hydrogen) atoms. The molecule has 0 bridgehead atoms. The van der Waals surface area contributed by atoms with Gasteiger partial charge in [0.1, 0.15) is 4.90 Å². The van der Waals surface area contributed by atoms with Crippen LogP contribution >= 0.6 is 0 Å². The average molecular weight is 486 g/mol. The molecule has 0 aliphatic carbocycles. The summed E-state index contributed by atoms with van der Waals surface area (Å²) in [7, 11) is -3.69. The van der Waals surface area contributed by atoms with Gasteiger partial charge in [-0.05, 0) is 17.9 Å². The third kappa shape index (κ3) is 7.75. The largest absolute Gasteiger partial charge is 0.297 e. The predicted octanol–water partition coefficient (Wildman–Crippen LogP) is 5.31. The van der Waals surface area contributed by atoms with E-state index in [0.29, 0.717) is 0 Å². The molecule has 2 aromatic carbocycles. The van der Waals surface area contributed by atoms with Gasteiger partial charge < -0.3 is 0 Å². The third-order valence-electron chi connectivity index (χ3n) is 4.26. The number of unbranched alkanes of at least 4 members (excludes halogenated alkanes) is 7. The molecule has 3 nitrogen and oxygen atoms in total. The van der Waals surface area contributed by atoms with Crippen LogP contribution in [0, 0.1) is 0 Å². The molecule has 134 valence electrons. The molecule has 0 amide bonds. The van der Waals surface area contributed by atoms with E-state index in [9.17, 15) is 8.42 Å². The van der Waals surface area contributed by atoms with E-state index in [0.717, 1.165) is 30.0 Å². The van der Waals surface area contributed by atoms with Gasteiger partial charge in [0.25, 0.3) is 10.1 Å². The van der Waals surface area contributed by atoms with Crippen molar-refractivity contribution >= 4 is 69.8 Å². The molecule has 0 saturated heterocycles. The smallest absolute Gasteiger partial charge is 0.266 e. The molecule has 2 aromatic rings. The summed E-state index contributed by atoms with van der Waals surface area (Å²) in [6.45, 7) is 2.48. The zero-order chi connectivity index (χ0) is 17.3. The topological polar surface area (TPSA) is 43.4 Å². The maximum absolute atomic E-state index is 12.4. The van der Waals surface area contributed by atoms with E-state index < -0.39 is 10.1 Å². The van der Waals surface area contributed by atoms with Crippen LogP contribution in [0.5, 0.6) is 0 Å². The van der Waals surface area contributed by atoms with E-state index in [1.165, 1.54) is 32.1 Å². The second kappa shape index (κ2) is 12.5. The van der Waals surface area contributed by atoms with Gasteiger partial charge in [0.05, 0.1) is 6.61 Å². The Morgan fingerprint density at radius 3 is 2.12 bits per heavy atom.